The van der Waals surface area contributed by atoms with Crippen LogP contribution in [0, 0.1) is 0 Å². The number of nitrogens with zero attached hydrogens (tertiary/aromatic N) is 5. The van der Waals surface area contributed by atoms with E-state index < -0.39 is 0 Å². The zero-order valence-corrected chi connectivity index (χ0v) is 15.4. The molecule has 0 aromatic carbocycles. The quantitative estimate of drug-likeness (QED) is 0.865. The van der Waals surface area contributed by atoms with Crippen LogP contribution < -0.4 is 20.0 Å². The van der Waals surface area contributed by atoms with Crippen molar-refractivity contribution in [2.75, 3.05) is 41.4 Å². The average Bonchev–Trinajstić information content (AvgIpc) is 3.18. The summed E-state index contributed by atoms with van der Waals surface area (Å²) in [5.74, 6) is 1.51. The van der Waals surface area contributed by atoms with Crippen LogP contribution in [-0.2, 0) is 9.59 Å². The van der Waals surface area contributed by atoms with Crippen molar-refractivity contribution in [2.45, 2.75) is 51.1 Å². The molecule has 1 aliphatic carbocycles. The summed E-state index contributed by atoms with van der Waals surface area (Å²) in [4.78, 5) is 39.7. The molecule has 4 rings (SSSR count). The number of amides is 2. The Labute approximate surface area is 153 Å². The topological polar surface area (TPSA) is 81.7 Å². The predicted molar refractivity (Wildman–Crippen MR) is 99.5 cm³/mol. The molecule has 1 unspecified atom stereocenters. The molecule has 0 radical (unpaired) electrons. The van der Waals surface area contributed by atoms with Crippen molar-refractivity contribution in [2.24, 2.45) is 0 Å². The maximum absolute atomic E-state index is 12.9. The van der Waals surface area contributed by atoms with E-state index in [-0.39, 0.29) is 24.4 Å². The number of likely N-dealkylation sites (N-methyl/N-ethyl adjacent to an activating group) is 1. The fourth-order valence-electron chi connectivity index (χ4n) is 4.34. The largest absolute Gasteiger partial charge is 0.353 e. The van der Waals surface area contributed by atoms with Gasteiger partial charge in [0.25, 0.3) is 0 Å². The smallest absolute Gasteiger partial charge is 0.249 e. The zero-order chi connectivity index (χ0) is 18.3. The van der Waals surface area contributed by atoms with E-state index in [1.807, 2.05) is 4.90 Å². The van der Waals surface area contributed by atoms with Crippen LogP contribution in [0.4, 0.5) is 17.5 Å². The van der Waals surface area contributed by atoms with Gasteiger partial charge < -0.3 is 20.0 Å². The number of hydrogen-bond acceptors (Lipinski definition) is 6. The van der Waals surface area contributed by atoms with Crippen molar-refractivity contribution < 1.29 is 9.59 Å². The summed E-state index contributed by atoms with van der Waals surface area (Å²) in [5, 5.41) is 2.83. The third kappa shape index (κ3) is 2.77. The fourth-order valence-corrected chi connectivity index (χ4v) is 4.34. The third-order valence-corrected chi connectivity index (χ3v) is 5.72. The van der Waals surface area contributed by atoms with Crippen molar-refractivity contribution in [3.8, 4) is 0 Å². The molecule has 1 saturated carbocycles. The van der Waals surface area contributed by atoms with E-state index in [9.17, 15) is 9.59 Å². The van der Waals surface area contributed by atoms with Gasteiger partial charge in [0.2, 0.25) is 17.8 Å². The number of carbonyl (C=O) groups is 2. The monoisotopic (exact) mass is 358 g/mol. The molecule has 0 spiro atoms. The van der Waals surface area contributed by atoms with E-state index in [1.54, 1.807) is 18.1 Å². The lowest BCUT2D eigenvalue weighted by molar-refractivity contribution is -0.121. The molecule has 26 heavy (non-hydrogen) atoms. The van der Waals surface area contributed by atoms with Gasteiger partial charge in [-0.05, 0) is 19.3 Å². The summed E-state index contributed by atoms with van der Waals surface area (Å²) in [6, 6.07) is 0.173. The van der Waals surface area contributed by atoms with Crippen LogP contribution in [0.5, 0.6) is 0 Å². The number of aromatic nitrogens is 2. The molecule has 1 aromatic rings. The summed E-state index contributed by atoms with van der Waals surface area (Å²) < 4.78 is 0. The van der Waals surface area contributed by atoms with Crippen LogP contribution in [0.1, 0.15) is 39.0 Å². The summed E-state index contributed by atoms with van der Waals surface area (Å²) in [7, 11) is 1.80. The first kappa shape index (κ1) is 17.1. The number of carbonyl (C=O) groups excluding carboxylic acids is 2. The molecular formula is C18H26N6O2. The Morgan fingerprint density at radius 2 is 2.04 bits per heavy atom. The van der Waals surface area contributed by atoms with Crippen LogP contribution in [0.15, 0.2) is 6.20 Å². The first-order valence-electron chi connectivity index (χ1n) is 9.54. The van der Waals surface area contributed by atoms with E-state index in [2.05, 4.69) is 22.1 Å². The summed E-state index contributed by atoms with van der Waals surface area (Å²) in [5.41, 5.74) is 0.761. The second-order valence-corrected chi connectivity index (χ2v) is 7.32. The van der Waals surface area contributed by atoms with Crippen molar-refractivity contribution in [1.29, 1.82) is 0 Å². The first-order valence-corrected chi connectivity index (χ1v) is 9.54. The highest BCUT2D eigenvalue weighted by molar-refractivity contribution is 6.04. The van der Waals surface area contributed by atoms with Gasteiger partial charge in [0.15, 0.2) is 5.82 Å². The number of fused-ring (bicyclic) bond motifs is 1. The third-order valence-electron chi connectivity index (χ3n) is 5.72. The Kier molecular flexibility index (Phi) is 4.42. The highest BCUT2D eigenvalue weighted by atomic mass is 16.2. The van der Waals surface area contributed by atoms with E-state index in [1.165, 1.54) is 12.8 Å². The number of hydrogen-bond donors (Lipinski definition) is 1. The van der Waals surface area contributed by atoms with Gasteiger partial charge in [0.1, 0.15) is 11.7 Å². The van der Waals surface area contributed by atoms with Gasteiger partial charge in [-0.15, -0.1) is 0 Å². The van der Waals surface area contributed by atoms with Gasteiger partial charge in [-0.25, -0.2) is 4.98 Å². The Bertz CT molecular complexity index is 718. The van der Waals surface area contributed by atoms with Crippen molar-refractivity contribution in [3.05, 3.63) is 6.20 Å². The molecule has 1 atom stereocenters. The Morgan fingerprint density at radius 3 is 2.73 bits per heavy atom. The zero-order valence-electron chi connectivity index (χ0n) is 15.4. The summed E-state index contributed by atoms with van der Waals surface area (Å²) in [6.07, 6.45) is 7.07. The standard InChI is InChI=1S/C18H26N6O2/c1-3-13-17(26)22(2)14-10-20-18(23-9-8-19-15(25)11-23)21-16(14)24(13)12-6-4-5-7-12/h10,12-13H,3-9,11H2,1-2H3,(H,19,25). The van der Waals surface area contributed by atoms with Crippen LogP contribution >= 0.6 is 0 Å². The minimum atomic E-state index is -0.178. The molecule has 3 heterocycles. The maximum atomic E-state index is 12.9. The summed E-state index contributed by atoms with van der Waals surface area (Å²) in [6.45, 7) is 3.62. The van der Waals surface area contributed by atoms with Crippen LogP contribution in [0.3, 0.4) is 0 Å². The van der Waals surface area contributed by atoms with E-state index >= 15 is 0 Å². The van der Waals surface area contributed by atoms with Gasteiger partial charge in [-0.2, -0.15) is 4.98 Å². The Hall–Kier alpha value is -2.38. The van der Waals surface area contributed by atoms with Crippen LogP contribution in [-0.4, -0.2) is 60.5 Å². The maximum Gasteiger partial charge on any atom is 0.249 e. The van der Waals surface area contributed by atoms with Gasteiger partial charge in [-0.3, -0.25) is 9.59 Å². The molecule has 8 nitrogen and oxygen atoms in total. The van der Waals surface area contributed by atoms with Gasteiger partial charge in [-0.1, -0.05) is 19.8 Å². The van der Waals surface area contributed by atoms with Gasteiger partial charge in [0.05, 0.1) is 12.7 Å². The fraction of sp³-hybridized carbons (Fsp3) is 0.667. The molecule has 2 amide bonds. The minimum Gasteiger partial charge on any atom is -0.353 e. The number of rotatable bonds is 3. The number of nitrogens with one attached hydrogen (secondary N) is 1. The lowest BCUT2D eigenvalue weighted by Gasteiger charge is -2.43. The van der Waals surface area contributed by atoms with Gasteiger partial charge >= 0.3 is 0 Å². The first-order chi connectivity index (χ1) is 12.6. The van der Waals surface area contributed by atoms with E-state index in [0.29, 0.717) is 25.1 Å². The van der Waals surface area contributed by atoms with E-state index in [0.717, 1.165) is 30.8 Å². The van der Waals surface area contributed by atoms with E-state index in [4.69, 9.17) is 4.98 Å². The Morgan fingerprint density at radius 1 is 1.27 bits per heavy atom. The highest BCUT2D eigenvalue weighted by Gasteiger charge is 2.41. The minimum absolute atomic E-state index is 0.0102. The summed E-state index contributed by atoms with van der Waals surface area (Å²) >= 11 is 0. The van der Waals surface area contributed by atoms with Crippen molar-refractivity contribution in [1.82, 2.24) is 15.3 Å². The lowest BCUT2D eigenvalue weighted by Crippen LogP contribution is -2.56. The SMILES string of the molecule is CCC1C(=O)N(C)c2cnc(N3CCNC(=O)C3)nc2N1C1CCCC1. The Balaban J connectivity index is 1.75. The van der Waals surface area contributed by atoms with Crippen LogP contribution in [0.25, 0.3) is 0 Å². The average molecular weight is 358 g/mol. The second kappa shape index (κ2) is 6.74. The molecular weight excluding hydrogens is 332 g/mol. The van der Waals surface area contributed by atoms with Crippen LogP contribution in [0.2, 0.25) is 0 Å². The molecule has 140 valence electrons. The lowest BCUT2D eigenvalue weighted by atomic mass is 10.0. The molecule has 8 heteroatoms. The van der Waals surface area contributed by atoms with Gasteiger partial charge in [0, 0.05) is 26.2 Å². The molecule has 0 bridgehead atoms. The normalized spacial score (nSPS) is 24.1. The highest BCUT2D eigenvalue weighted by Crippen LogP contribution is 2.40. The molecule has 3 aliphatic rings. The van der Waals surface area contributed by atoms with Crippen molar-refractivity contribution >= 4 is 29.3 Å². The predicted octanol–water partition coefficient (Wildman–Crippen LogP) is 0.917. The number of anilines is 3. The molecule has 1 aromatic heterocycles. The number of piperazine rings is 1. The van der Waals surface area contributed by atoms with Crippen molar-refractivity contribution in [3.63, 3.8) is 0 Å². The molecule has 1 saturated heterocycles. The molecule has 1 N–H and O–H groups in total. The molecule has 2 aliphatic heterocycles. The second-order valence-electron chi connectivity index (χ2n) is 7.32. The molecule has 2 fully saturated rings.